The second-order valence-corrected chi connectivity index (χ2v) is 5.27. The maximum Gasteiger partial charge on any atom is 0.267 e. The SMILES string of the molecule is CCN(C[C@H](O)CS(=O)(=O)O)c1ccccc1. The molecule has 0 bridgehead atoms. The summed E-state index contributed by atoms with van der Waals surface area (Å²) >= 11 is 0. The fourth-order valence-electron chi connectivity index (χ4n) is 1.61. The number of anilines is 1. The minimum absolute atomic E-state index is 0.167. The Morgan fingerprint density at radius 2 is 1.88 bits per heavy atom. The molecular formula is C11H17NO4S. The van der Waals surface area contributed by atoms with E-state index in [1.54, 1.807) is 0 Å². The third kappa shape index (κ3) is 5.16. The van der Waals surface area contributed by atoms with Crippen molar-refractivity contribution in [1.82, 2.24) is 0 Å². The Balaban J connectivity index is 2.65. The summed E-state index contributed by atoms with van der Waals surface area (Å²) in [7, 11) is -4.14. The maximum absolute atomic E-state index is 10.6. The van der Waals surface area contributed by atoms with E-state index in [-0.39, 0.29) is 6.54 Å². The second kappa shape index (κ2) is 6.00. The molecule has 0 fully saturated rings. The smallest absolute Gasteiger partial charge is 0.267 e. The Hall–Kier alpha value is -1.11. The lowest BCUT2D eigenvalue weighted by Gasteiger charge is -2.25. The molecule has 0 spiro atoms. The normalized spacial score (nSPS) is 13.4. The summed E-state index contributed by atoms with van der Waals surface area (Å²) in [5.74, 6) is -0.643. The number of nitrogens with zero attached hydrogens (tertiary/aromatic N) is 1. The Bertz CT molecular complexity index is 432. The first kappa shape index (κ1) is 14.0. The molecule has 0 unspecified atom stereocenters. The van der Waals surface area contributed by atoms with Crippen LogP contribution in [0.2, 0.25) is 0 Å². The van der Waals surface area contributed by atoms with E-state index in [2.05, 4.69) is 0 Å². The van der Waals surface area contributed by atoms with Crippen molar-refractivity contribution in [2.24, 2.45) is 0 Å². The standard InChI is InChI=1S/C11H17NO4S/c1-2-12(10-6-4-3-5-7-10)8-11(13)9-17(14,15)16/h3-7,11,13H,2,8-9H2,1H3,(H,14,15,16)/t11-/m0/s1. The fraction of sp³-hybridized carbons (Fsp3) is 0.455. The van der Waals surface area contributed by atoms with Gasteiger partial charge >= 0.3 is 0 Å². The fourth-order valence-corrected chi connectivity index (χ4v) is 2.20. The maximum atomic E-state index is 10.6. The molecular weight excluding hydrogens is 242 g/mol. The van der Waals surface area contributed by atoms with Crippen LogP contribution in [-0.4, -0.2) is 43.0 Å². The van der Waals surface area contributed by atoms with E-state index in [1.165, 1.54) is 0 Å². The number of rotatable bonds is 6. The van der Waals surface area contributed by atoms with Crippen molar-refractivity contribution in [2.45, 2.75) is 13.0 Å². The van der Waals surface area contributed by atoms with Gasteiger partial charge in [-0.2, -0.15) is 8.42 Å². The second-order valence-electron chi connectivity index (χ2n) is 3.78. The van der Waals surface area contributed by atoms with Crippen LogP contribution in [0.15, 0.2) is 30.3 Å². The van der Waals surface area contributed by atoms with Gasteiger partial charge in [-0.1, -0.05) is 18.2 Å². The van der Waals surface area contributed by atoms with Crippen LogP contribution in [-0.2, 0) is 10.1 Å². The van der Waals surface area contributed by atoms with Gasteiger partial charge in [0.1, 0.15) is 5.75 Å². The van der Waals surface area contributed by atoms with Gasteiger partial charge < -0.3 is 10.0 Å². The van der Waals surface area contributed by atoms with Crippen LogP contribution < -0.4 is 4.90 Å². The summed E-state index contributed by atoms with van der Waals surface area (Å²) in [5.41, 5.74) is 0.907. The number of aliphatic hydroxyl groups is 1. The highest BCUT2D eigenvalue weighted by atomic mass is 32.2. The molecule has 1 aromatic rings. The molecule has 6 heteroatoms. The molecule has 1 rings (SSSR count). The number of benzene rings is 1. The Labute approximate surface area is 101 Å². The highest BCUT2D eigenvalue weighted by Gasteiger charge is 2.17. The van der Waals surface area contributed by atoms with Gasteiger partial charge in [-0.05, 0) is 19.1 Å². The molecule has 0 aliphatic carbocycles. The van der Waals surface area contributed by atoms with Crippen molar-refractivity contribution in [2.75, 3.05) is 23.7 Å². The predicted molar refractivity (Wildman–Crippen MR) is 66.8 cm³/mol. The third-order valence-electron chi connectivity index (χ3n) is 2.34. The van der Waals surface area contributed by atoms with Gasteiger partial charge in [0.05, 0.1) is 6.10 Å². The zero-order valence-electron chi connectivity index (χ0n) is 9.65. The van der Waals surface area contributed by atoms with Crippen molar-refractivity contribution in [3.8, 4) is 0 Å². The van der Waals surface area contributed by atoms with Crippen LogP contribution in [0, 0.1) is 0 Å². The Kier molecular flexibility index (Phi) is 4.92. The minimum Gasteiger partial charge on any atom is -0.390 e. The molecule has 0 amide bonds. The van der Waals surface area contributed by atoms with Gasteiger partial charge in [0.2, 0.25) is 0 Å². The van der Waals surface area contributed by atoms with Gasteiger partial charge in [0.25, 0.3) is 10.1 Å². The first-order valence-corrected chi connectivity index (χ1v) is 6.96. The van der Waals surface area contributed by atoms with Gasteiger partial charge in [0.15, 0.2) is 0 Å². The molecule has 0 saturated heterocycles. The molecule has 5 nitrogen and oxygen atoms in total. The third-order valence-corrected chi connectivity index (χ3v) is 3.14. The summed E-state index contributed by atoms with van der Waals surface area (Å²) < 4.78 is 29.9. The number of hydrogen-bond donors (Lipinski definition) is 2. The summed E-state index contributed by atoms with van der Waals surface area (Å²) in [4.78, 5) is 1.84. The van der Waals surface area contributed by atoms with Crippen molar-refractivity contribution in [1.29, 1.82) is 0 Å². The molecule has 96 valence electrons. The minimum atomic E-state index is -4.14. The summed E-state index contributed by atoms with van der Waals surface area (Å²) in [6.07, 6.45) is -1.11. The number of hydrogen-bond acceptors (Lipinski definition) is 4. The van der Waals surface area contributed by atoms with Crippen LogP contribution in [0.4, 0.5) is 5.69 Å². The van der Waals surface area contributed by atoms with E-state index in [0.29, 0.717) is 6.54 Å². The molecule has 0 aliphatic heterocycles. The van der Waals surface area contributed by atoms with Gasteiger partial charge in [-0.3, -0.25) is 4.55 Å². The quantitative estimate of drug-likeness (QED) is 0.738. The zero-order chi connectivity index (χ0) is 12.9. The van der Waals surface area contributed by atoms with E-state index in [0.717, 1.165) is 5.69 Å². The number of likely N-dealkylation sites (N-methyl/N-ethyl adjacent to an activating group) is 1. The first-order chi connectivity index (χ1) is 7.92. The Morgan fingerprint density at radius 1 is 1.29 bits per heavy atom. The molecule has 0 heterocycles. The highest BCUT2D eigenvalue weighted by molar-refractivity contribution is 7.85. The van der Waals surface area contributed by atoms with Gasteiger partial charge in [0, 0.05) is 18.8 Å². The predicted octanol–water partition coefficient (Wildman–Crippen LogP) is 0.762. The number of aliphatic hydroxyl groups excluding tert-OH is 1. The highest BCUT2D eigenvalue weighted by Crippen LogP contribution is 2.13. The van der Waals surface area contributed by atoms with E-state index in [1.807, 2.05) is 42.2 Å². The lowest BCUT2D eigenvalue weighted by Crippen LogP contribution is -2.36. The molecule has 0 radical (unpaired) electrons. The lowest BCUT2D eigenvalue weighted by atomic mass is 10.2. The average molecular weight is 259 g/mol. The molecule has 2 N–H and O–H groups in total. The van der Waals surface area contributed by atoms with Crippen LogP contribution in [0.1, 0.15) is 6.92 Å². The van der Waals surface area contributed by atoms with Crippen molar-refractivity contribution in [3.05, 3.63) is 30.3 Å². The largest absolute Gasteiger partial charge is 0.390 e. The monoisotopic (exact) mass is 259 g/mol. The van der Waals surface area contributed by atoms with Crippen LogP contribution >= 0.6 is 0 Å². The topological polar surface area (TPSA) is 77.8 Å². The van der Waals surface area contributed by atoms with E-state index >= 15 is 0 Å². The first-order valence-electron chi connectivity index (χ1n) is 5.35. The molecule has 0 aliphatic rings. The van der Waals surface area contributed by atoms with Gasteiger partial charge in [-0.25, -0.2) is 0 Å². The molecule has 1 aromatic carbocycles. The average Bonchev–Trinajstić information content (AvgIpc) is 2.24. The van der Waals surface area contributed by atoms with Crippen molar-refractivity contribution in [3.63, 3.8) is 0 Å². The van der Waals surface area contributed by atoms with Crippen LogP contribution in [0.25, 0.3) is 0 Å². The lowest BCUT2D eigenvalue weighted by molar-refractivity contribution is 0.200. The molecule has 0 aromatic heterocycles. The summed E-state index contributed by atoms with van der Waals surface area (Å²) in [5, 5.41) is 9.57. The van der Waals surface area contributed by atoms with E-state index < -0.39 is 22.0 Å². The van der Waals surface area contributed by atoms with E-state index in [4.69, 9.17) is 4.55 Å². The van der Waals surface area contributed by atoms with Crippen molar-refractivity contribution < 1.29 is 18.1 Å². The molecule has 0 saturated carbocycles. The zero-order valence-corrected chi connectivity index (χ0v) is 10.5. The molecule has 1 atom stereocenters. The van der Waals surface area contributed by atoms with Crippen LogP contribution in [0.3, 0.4) is 0 Å². The van der Waals surface area contributed by atoms with Gasteiger partial charge in [-0.15, -0.1) is 0 Å². The van der Waals surface area contributed by atoms with Crippen LogP contribution in [0.5, 0.6) is 0 Å². The Morgan fingerprint density at radius 3 is 2.35 bits per heavy atom. The summed E-state index contributed by atoms with van der Waals surface area (Å²) in [6, 6.07) is 9.37. The van der Waals surface area contributed by atoms with E-state index in [9.17, 15) is 13.5 Å². The number of para-hydroxylation sites is 1. The summed E-state index contributed by atoms with van der Waals surface area (Å²) in [6.45, 7) is 2.72. The molecule has 17 heavy (non-hydrogen) atoms. The van der Waals surface area contributed by atoms with Crippen molar-refractivity contribution >= 4 is 15.8 Å².